The first-order chi connectivity index (χ1) is 15.6. The molecule has 3 heterocycles. The summed E-state index contributed by atoms with van der Waals surface area (Å²) in [4.78, 5) is 4.37. The topological polar surface area (TPSA) is 52.0 Å². The minimum Gasteiger partial charge on any atom is -0.480 e. The second-order valence-corrected chi connectivity index (χ2v) is 8.44. The van der Waals surface area contributed by atoms with E-state index in [4.69, 9.17) is 27.9 Å². The van der Waals surface area contributed by atoms with E-state index in [1.54, 1.807) is 22.9 Å². The fourth-order valence-corrected chi connectivity index (χ4v) is 4.88. The van der Waals surface area contributed by atoms with Gasteiger partial charge in [0.2, 0.25) is 5.95 Å². The van der Waals surface area contributed by atoms with Crippen molar-refractivity contribution in [2.75, 3.05) is 5.32 Å². The zero-order valence-corrected chi connectivity index (χ0v) is 18.0. The second-order valence-electron chi connectivity index (χ2n) is 7.60. The highest BCUT2D eigenvalue weighted by molar-refractivity contribution is 6.35. The van der Waals surface area contributed by atoms with Crippen LogP contribution in [0.3, 0.4) is 0 Å². The number of halogens is 3. The van der Waals surface area contributed by atoms with Crippen LogP contribution in [0, 0.1) is 5.82 Å². The van der Waals surface area contributed by atoms with Crippen molar-refractivity contribution in [3.8, 4) is 5.75 Å². The predicted octanol–water partition coefficient (Wildman–Crippen LogP) is 6.28. The number of rotatable bonds is 2. The number of fused-ring (bicyclic) bond motifs is 3. The summed E-state index contributed by atoms with van der Waals surface area (Å²) in [6, 6.07) is 19.4. The van der Waals surface area contributed by atoms with Gasteiger partial charge < -0.3 is 10.1 Å². The maximum Gasteiger partial charge on any atom is 0.226 e. The van der Waals surface area contributed by atoms with Crippen molar-refractivity contribution in [3.05, 3.63) is 111 Å². The number of nitrogens with zero attached hydrogens (tertiary/aromatic N) is 3. The summed E-state index contributed by atoms with van der Waals surface area (Å²) in [5.41, 5.74) is 3.96. The predicted molar refractivity (Wildman–Crippen MR) is 121 cm³/mol. The van der Waals surface area contributed by atoms with Crippen molar-refractivity contribution in [1.82, 2.24) is 14.8 Å². The molecule has 0 radical (unpaired) electrons. The van der Waals surface area contributed by atoms with Crippen LogP contribution in [0.4, 0.5) is 10.3 Å². The lowest BCUT2D eigenvalue weighted by Gasteiger charge is -2.39. The van der Waals surface area contributed by atoms with Gasteiger partial charge in [-0.25, -0.2) is 9.07 Å². The van der Waals surface area contributed by atoms with E-state index in [0.29, 0.717) is 27.3 Å². The molecule has 0 saturated carbocycles. The molecule has 2 aliphatic rings. The number of hydrogen-bond acceptors (Lipinski definition) is 4. The van der Waals surface area contributed by atoms with E-state index in [-0.39, 0.29) is 11.9 Å². The molecule has 6 rings (SSSR count). The number of hydrogen-bond donors (Lipinski definition) is 1. The van der Waals surface area contributed by atoms with Gasteiger partial charge in [0.25, 0.3) is 0 Å². The normalized spacial score (nSPS) is 18.8. The highest BCUT2D eigenvalue weighted by Crippen LogP contribution is 2.51. The average molecular weight is 465 g/mol. The standard InChI is InChI=1S/C24H15Cl2FN4O/c25-14-6-8-16(18(26)10-14)23-20-21(17-11-15(27)7-9-19(17)32-23)30-24-28-12-29-31(24)22(20)13-4-2-1-3-5-13/h1-12,22-23H,(H,28,29,30)/t22-,23-/m0/s1. The molecule has 4 aromatic rings. The lowest BCUT2D eigenvalue weighted by atomic mass is 9.84. The third-order valence-electron chi connectivity index (χ3n) is 5.74. The Bertz CT molecular complexity index is 1390. The van der Waals surface area contributed by atoms with Gasteiger partial charge in [0.05, 0.1) is 5.70 Å². The third kappa shape index (κ3) is 2.98. The molecule has 158 valence electrons. The van der Waals surface area contributed by atoms with Crippen molar-refractivity contribution >= 4 is 34.8 Å². The first-order valence-corrected chi connectivity index (χ1v) is 10.7. The Morgan fingerprint density at radius 1 is 1.00 bits per heavy atom. The molecule has 1 aromatic heterocycles. The van der Waals surface area contributed by atoms with E-state index in [0.717, 1.165) is 22.4 Å². The van der Waals surface area contributed by atoms with Crippen LogP contribution in [0.2, 0.25) is 10.0 Å². The molecule has 0 saturated heterocycles. The Labute approximate surface area is 193 Å². The average Bonchev–Trinajstić information content (AvgIpc) is 3.26. The van der Waals surface area contributed by atoms with E-state index >= 15 is 0 Å². The quantitative estimate of drug-likeness (QED) is 0.379. The molecule has 3 aromatic carbocycles. The molecule has 0 fully saturated rings. The zero-order chi connectivity index (χ0) is 21.8. The first-order valence-electron chi connectivity index (χ1n) is 9.97. The van der Waals surface area contributed by atoms with E-state index in [1.165, 1.54) is 18.5 Å². The van der Waals surface area contributed by atoms with Crippen LogP contribution in [0.25, 0.3) is 5.70 Å². The van der Waals surface area contributed by atoms with E-state index in [1.807, 2.05) is 36.4 Å². The van der Waals surface area contributed by atoms with Crippen LogP contribution < -0.4 is 10.1 Å². The minimum atomic E-state index is -0.553. The van der Waals surface area contributed by atoms with Crippen LogP contribution in [0.15, 0.2) is 78.6 Å². The monoisotopic (exact) mass is 464 g/mol. The molecule has 0 bridgehead atoms. The number of aromatic nitrogens is 3. The third-order valence-corrected chi connectivity index (χ3v) is 6.30. The second kappa shape index (κ2) is 7.36. The number of nitrogens with one attached hydrogen (secondary N) is 1. The summed E-state index contributed by atoms with van der Waals surface area (Å²) in [7, 11) is 0. The maximum absolute atomic E-state index is 14.3. The van der Waals surface area contributed by atoms with Gasteiger partial charge in [-0.1, -0.05) is 59.6 Å². The molecule has 0 aliphatic carbocycles. The molecule has 5 nitrogen and oxygen atoms in total. The van der Waals surface area contributed by atoms with Gasteiger partial charge >= 0.3 is 0 Å². The van der Waals surface area contributed by atoms with Crippen molar-refractivity contribution in [3.63, 3.8) is 0 Å². The van der Waals surface area contributed by atoms with Crippen LogP contribution in [-0.2, 0) is 0 Å². The molecule has 32 heavy (non-hydrogen) atoms. The Balaban J connectivity index is 1.65. The van der Waals surface area contributed by atoms with E-state index < -0.39 is 6.10 Å². The van der Waals surface area contributed by atoms with Crippen LogP contribution in [0.5, 0.6) is 5.75 Å². The van der Waals surface area contributed by atoms with Crippen molar-refractivity contribution in [2.45, 2.75) is 12.1 Å². The summed E-state index contributed by atoms with van der Waals surface area (Å²) in [6.45, 7) is 0. The van der Waals surface area contributed by atoms with Crippen molar-refractivity contribution < 1.29 is 9.13 Å². The van der Waals surface area contributed by atoms with Crippen molar-refractivity contribution in [1.29, 1.82) is 0 Å². The lowest BCUT2D eigenvalue weighted by molar-refractivity contribution is 0.223. The molecule has 2 aliphatic heterocycles. The number of benzene rings is 3. The van der Waals surface area contributed by atoms with E-state index in [9.17, 15) is 4.39 Å². The van der Waals surface area contributed by atoms with Gasteiger partial charge in [-0.15, -0.1) is 0 Å². The summed E-state index contributed by atoms with van der Waals surface area (Å²) >= 11 is 12.8. The summed E-state index contributed by atoms with van der Waals surface area (Å²) < 4.78 is 22.5. The largest absolute Gasteiger partial charge is 0.480 e. The summed E-state index contributed by atoms with van der Waals surface area (Å²) in [5.74, 6) is 0.761. The summed E-state index contributed by atoms with van der Waals surface area (Å²) in [5, 5.41) is 8.83. The van der Waals surface area contributed by atoms with Gasteiger partial charge in [-0.3, -0.25) is 0 Å². The maximum atomic E-state index is 14.3. The highest BCUT2D eigenvalue weighted by Gasteiger charge is 2.41. The number of anilines is 1. The van der Waals surface area contributed by atoms with Crippen molar-refractivity contribution in [2.24, 2.45) is 0 Å². The molecule has 0 spiro atoms. The van der Waals surface area contributed by atoms with Gasteiger partial charge in [-0.05, 0) is 35.9 Å². The lowest BCUT2D eigenvalue weighted by Crippen LogP contribution is -2.32. The Morgan fingerprint density at radius 3 is 2.66 bits per heavy atom. The first kappa shape index (κ1) is 19.3. The van der Waals surface area contributed by atoms with Gasteiger partial charge in [0.15, 0.2) is 6.10 Å². The van der Waals surface area contributed by atoms with Gasteiger partial charge in [-0.2, -0.15) is 10.1 Å². The molecule has 2 atom stereocenters. The molecule has 1 N–H and O–H groups in total. The Hall–Kier alpha value is -3.35. The van der Waals surface area contributed by atoms with Crippen LogP contribution in [0.1, 0.15) is 28.8 Å². The molecule has 0 amide bonds. The smallest absolute Gasteiger partial charge is 0.226 e. The minimum absolute atomic E-state index is 0.335. The van der Waals surface area contributed by atoms with Gasteiger partial charge in [0.1, 0.15) is 23.9 Å². The van der Waals surface area contributed by atoms with Gasteiger partial charge in [0, 0.05) is 26.7 Å². The molecular weight excluding hydrogens is 450 g/mol. The van der Waals surface area contributed by atoms with E-state index in [2.05, 4.69) is 15.4 Å². The fourth-order valence-electron chi connectivity index (χ4n) is 4.37. The summed E-state index contributed by atoms with van der Waals surface area (Å²) in [6.07, 6.45) is 0.941. The highest BCUT2D eigenvalue weighted by atomic mass is 35.5. The van der Waals surface area contributed by atoms with Crippen LogP contribution >= 0.6 is 23.2 Å². The molecule has 0 unspecified atom stereocenters. The Morgan fingerprint density at radius 2 is 1.84 bits per heavy atom. The molecule has 8 heteroatoms. The molecular formula is C24H15Cl2FN4O. The Kier molecular flexibility index (Phi) is 4.45. The van der Waals surface area contributed by atoms with Crippen LogP contribution in [-0.4, -0.2) is 14.8 Å². The fraction of sp³-hybridized carbons (Fsp3) is 0.0833. The SMILES string of the molecule is Fc1ccc2c(c1)C1=C([C@H](c3ccc(Cl)cc3Cl)O2)[C@H](c2ccccc2)n2ncnc2N1. The number of ether oxygens (including phenoxy) is 1. The zero-order valence-electron chi connectivity index (χ0n) is 16.5.